The predicted octanol–water partition coefficient (Wildman–Crippen LogP) is 3.85. The summed E-state index contributed by atoms with van der Waals surface area (Å²) >= 11 is 0. The summed E-state index contributed by atoms with van der Waals surface area (Å²) in [5.74, 6) is 0.150. The van der Waals surface area contributed by atoms with Crippen molar-refractivity contribution in [1.82, 2.24) is 0 Å². The molecule has 0 saturated heterocycles. The van der Waals surface area contributed by atoms with Gasteiger partial charge in [-0.1, -0.05) is 24.3 Å². The Bertz CT molecular complexity index is 535. The van der Waals surface area contributed by atoms with Crippen LogP contribution in [0.15, 0.2) is 42.5 Å². The molecule has 0 amide bonds. The molecular weight excluding hydrogens is 236 g/mol. The standard InChI is InChI=1S/C14H13F2NO/c1-9-6-10(8-11(17)7-9)12-4-2-3-5-13(12)18-14(15)16/h2-8,14H,17H2,1H3. The van der Waals surface area contributed by atoms with E-state index in [1.807, 2.05) is 19.1 Å². The Morgan fingerprint density at radius 3 is 2.50 bits per heavy atom. The first kappa shape index (κ1) is 12.4. The number of benzene rings is 2. The maximum atomic E-state index is 12.3. The lowest BCUT2D eigenvalue weighted by atomic mass is 10.0. The van der Waals surface area contributed by atoms with Crippen molar-refractivity contribution in [3.63, 3.8) is 0 Å². The molecule has 0 aliphatic carbocycles. The molecule has 2 aromatic rings. The third-order valence-electron chi connectivity index (χ3n) is 2.51. The number of alkyl halides is 2. The molecule has 2 N–H and O–H groups in total. The fraction of sp³-hybridized carbons (Fsp3) is 0.143. The zero-order chi connectivity index (χ0) is 13.1. The molecule has 0 aromatic heterocycles. The molecule has 2 aromatic carbocycles. The second-order valence-electron chi connectivity index (χ2n) is 4.01. The van der Waals surface area contributed by atoms with E-state index in [2.05, 4.69) is 4.74 Å². The highest BCUT2D eigenvalue weighted by molar-refractivity contribution is 5.73. The molecule has 0 unspecified atom stereocenters. The number of hydrogen-bond acceptors (Lipinski definition) is 2. The Morgan fingerprint density at radius 2 is 1.83 bits per heavy atom. The van der Waals surface area contributed by atoms with Gasteiger partial charge in [-0.15, -0.1) is 0 Å². The van der Waals surface area contributed by atoms with Gasteiger partial charge in [0.25, 0.3) is 0 Å². The van der Waals surface area contributed by atoms with Crippen LogP contribution in [0, 0.1) is 6.92 Å². The normalized spacial score (nSPS) is 10.7. The minimum atomic E-state index is -2.84. The molecule has 0 spiro atoms. The lowest BCUT2D eigenvalue weighted by Gasteiger charge is -2.11. The van der Waals surface area contributed by atoms with E-state index in [-0.39, 0.29) is 5.75 Å². The molecule has 0 aliphatic heterocycles. The molecule has 18 heavy (non-hydrogen) atoms. The van der Waals surface area contributed by atoms with Crippen molar-refractivity contribution in [2.75, 3.05) is 5.73 Å². The van der Waals surface area contributed by atoms with Crippen molar-refractivity contribution < 1.29 is 13.5 Å². The molecule has 0 bridgehead atoms. The van der Waals surface area contributed by atoms with Crippen LogP contribution < -0.4 is 10.5 Å². The SMILES string of the molecule is Cc1cc(N)cc(-c2ccccc2OC(F)F)c1. The van der Waals surface area contributed by atoms with Gasteiger partial charge in [0.05, 0.1) is 0 Å². The lowest BCUT2D eigenvalue weighted by Crippen LogP contribution is -2.03. The van der Waals surface area contributed by atoms with E-state index < -0.39 is 6.61 Å². The van der Waals surface area contributed by atoms with Crippen molar-refractivity contribution in [3.05, 3.63) is 48.0 Å². The van der Waals surface area contributed by atoms with Crippen LogP contribution in [0.1, 0.15) is 5.56 Å². The average Bonchev–Trinajstić information content (AvgIpc) is 2.27. The summed E-state index contributed by atoms with van der Waals surface area (Å²) in [7, 11) is 0. The summed E-state index contributed by atoms with van der Waals surface area (Å²) in [6.45, 7) is -0.940. The Morgan fingerprint density at radius 1 is 1.11 bits per heavy atom. The van der Waals surface area contributed by atoms with Gasteiger partial charge in [0.2, 0.25) is 0 Å². The number of aryl methyl sites for hydroxylation is 1. The number of ether oxygens (including phenoxy) is 1. The highest BCUT2D eigenvalue weighted by Gasteiger charge is 2.11. The Balaban J connectivity index is 2.49. The molecule has 0 saturated carbocycles. The molecular formula is C14H13F2NO. The number of halogens is 2. The Kier molecular flexibility index (Phi) is 3.46. The van der Waals surface area contributed by atoms with Crippen LogP contribution >= 0.6 is 0 Å². The summed E-state index contributed by atoms with van der Waals surface area (Å²) in [6.07, 6.45) is 0. The quantitative estimate of drug-likeness (QED) is 0.838. The third-order valence-corrected chi connectivity index (χ3v) is 2.51. The van der Waals surface area contributed by atoms with Crippen molar-refractivity contribution in [1.29, 1.82) is 0 Å². The van der Waals surface area contributed by atoms with Crippen LogP contribution in [0.5, 0.6) is 5.75 Å². The minimum absolute atomic E-state index is 0.150. The topological polar surface area (TPSA) is 35.2 Å². The highest BCUT2D eigenvalue weighted by Crippen LogP contribution is 2.32. The van der Waals surface area contributed by atoms with Gasteiger partial charge in [-0.2, -0.15) is 8.78 Å². The number of nitrogen functional groups attached to an aromatic ring is 1. The lowest BCUT2D eigenvalue weighted by molar-refractivity contribution is -0.0494. The number of hydrogen-bond donors (Lipinski definition) is 1. The van der Waals surface area contributed by atoms with E-state index in [0.717, 1.165) is 11.1 Å². The molecule has 2 nitrogen and oxygen atoms in total. The zero-order valence-electron chi connectivity index (χ0n) is 9.86. The van der Waals surface area contributed by atoms with Crippen LogP contribution in [-0.2, 0) is 0 Å². The van der Waals surface area contributed by atoms with Gasteiger partial charge in [0.15, 0.2) is 0 Å². The summed E-state index contributed by atoms with van der Waals surface area (Å²) in [4.78, 5) is 0. The second-order valence-corrected chi connectivity index (χ2v) is 4.01. The summed E-state index contributed by atoms with van der Waals surface area (Å²) < 4.78 is 29.2. The van der Waals surface area contributed by atoms with E-state index in [4.69, 9.17) is 5.73 Å². The number of para-hydroxylation sites is 1. The number of anilines is 1. The van der Waals surface area contributed by atoms with Gasteiger partial charge in [0, 0.05) is 11.3 Å². The van der Waals surface area contributed by atoms with Gasteiger partial charge < -0.3 is 10.5 Å². The van der Waals surface area contributed by atoms with Gasteiger partial charge in [-0.25, -0.2) is 0 Å². The van der Waals surface area contributed by atoms with E-state index in [1.54, 1.807) is 24.3 Å². The fourth-order valence-electron chi connectivity index (χ4n) is 1.87. The van der Waals surface area contributed by atoms with E-state index >= 15 is 0 Å². The van der Waals surface area contributed by atoms with Crippen molar-refractivity contribution in [3.8, 4) is 16.9 Å². The van der Waals surface area contributed by atoms with Gasteiger partial charge in [-0.3, -0.25) is 0 Å². The van der Waals surface area contributed by atoms with Crippen LogP contribution in [-0.4, -0.2) is 6.61 Å². The third kappa shape index (κ3) is 2.77. The van der Waals surface area contributed by atoms with Crippen LogP contribution in [0.4, 0.5) is 14.5 Å². The molecule has 0 aliphatic rings. The molecule has 0 fully saturated rings. The smallest absolute Gasteiger partial charge is 0.387 e. The largest absolute Gasteiger partial charge is 0.434 e. The summed E-state index contributed by atoms with van der Waals surface area (Å²) in [6, 6.07) is 12.1. The number of rotatable bonds is 3. The molecule has 94 valence electrons. The van der Waals surface area contributed by atoms with Gasteiger partial charge in [0.1, 0.15) is 5.75 Å². The zero-order valence-corrected chi connectivity index (χ0v) is 9.86. The molecule has 0 heterocycles. The van der Waals surface area contributed by atoms with E-state index in [1.165, 1.54) is 6.07 Å². The molecule has 4 heteroatoms. The first-order chi connectivity index (χ1) is 8.56. The highest BCUT2D eigenvalue weighted by atomic mass is 19.3. The Hall–Kier alpha value is -2.10. The number of nitrogens with two attached hydrogens (primary N) is 1. The molecule has 0 radical (unpaired) electrons. The van der Waals surface area contributed by atoms with Crippen molar-refractivity contribution in [2.45, 2.75) is 13.5 Å². The van der Waals surface area contributed by atoms with Crippen LogP contribution in [0.3, 0.4) is 0 Å². The molecule has 2 rings (SSSR count). The minimum Gasteiger partial charge on any atom is -0.434 e. The summed E-state index contributed by atoms with van der Waals surface area (Å²) in [5, 5.41) is 0. The summed E-state index contributed by atoms with van der Waals surface area (Å²) in [5.41, 5.74) is 8.69. The first-order valence-corrected chi connectivity index (χ1v) is 5.47. The van der Waals surface area contributed by atoms with E-state index in [9.17, 15) is 8.78 Å². The van der Waals surface area contributed by atoms with E-state index in [0.29, 0.717) is 11.3 Å². The van der Waals surface area contributed by atoms with Crippen LogP contribution in [0.25, 0.3) is 11.1 Å². The maximum Gasteiger partial charge on any atom is 0.387 e. The average molecular weight is 249 g/mol. The molecule has 0 atom stereocenters. The second kappa shape index (κ2) is 5.04. The van der Waals surface area contributed by atoms with Crippen molar-refractivity contribution >= 4 is 5.69 Å². The fourth-order valence-corrected chi connectivity index (χ4v) is 1.87. The first-order valence-electron chi connectivity index (χ1n) is 5.47. The Labute approximate surface area is 104 Å². The van der Waals surface area contributed by atoms with Gasteiger partial charge >= 0.3 is 6.61 Å². The van der Waals surface area contributed by atoms with Gasteiger partial charge in [-0.05, 0) is 36.2 Å². The maximum absolute atomic E-state index is 12.3. The van der Waals surface area contributed by atoms with Crippen molar-refractivity contribution in [2.24, 2.45) is 0 Å². The van der Waals surface area contributed by atoms with Crippen LogP contribution in [0.2, 0.25) is 0 Å². The predicted molar refractivity (Wildman–Crippen MR) is 67.7 cm³/mol. The monoisotopic (exact) mass is 249 g/mol.